The molecule has 3 N–H and O–H groups in total. The first-order valence-electron chi connectivity index (χ1n) is 6.80. The first-order valence-corrected chi connectivity index (χ1v) is 6.80. The molecule has 1 aromatic carbocycles. The Labute approximate surface area is 121 Å². The highest BCUT2D eigenvalue weighted by atomic mass is 19.1. The number of hydrogen-bond acceptors (Lipinski definition) is 5. The summed E-state index contributed by atoms with van der Waals surface area (Å²) < 4.78 is 12.9. The van der Waals surface area contributed by atoms with Gasteiger partial charge in [-0.05, 0) is 24.3 Å². The Bertz CT molecular complexity index is 664. The van der Waals surface area contributed by atoms with E-state index in [-0.39, 0.29) is 11.4 Å². The molecule has 1 saturated heterocycles. The molecule has 7 heteroatoms. The number of halogens is 1. The smallest absolute Gasteiger partial charge is 0.254 e. The van der Waals surface area contributed by atoms with Crippen LogP contribution in [0.25, 0.3) is 0 Å². The Balaban J connectivity index is 1.83. The van der Waals surface area contributed by atoms with Crippen molar-refractivity contribution >= 4 is 17.5 Å². The summed E-state index contributed by atoms with van der Waals surface area (Å²) in [5, 5.41) is 6.23. The van der Waals surface area contributed by atoms with Crippen molar-refractivity contribution in [2.75, 3.05) is 36.4 Å². The summed E-state index contributed by atoms with van der Waals surface area (Å²) in [5.41, 5.74) is 0.445. The fraction of sp³-hybridized carbons (Fsp3) is 0.286. The normalized spacial score (nSPS) is 15.0. The molecular weight excluding hydrogens is 273 g/mol. The van der Waals surface area contributed by atoms with Crippen molar-refractivity contribution in [2.24, 2.45) is 0 Å². The number of piperazine rings is 1. The van der Waals surface area contributed by atoms with Gasteiger partial charge < -0.3 is 15.5 Å². The number of nitrogens with zero attached hydrogens (tertiary/aromatic N) is 2. The molecule has 1 aromatic heterocycles. The molecule has 0 amide bonds. The number of anilines is 3. The van der Waals surface area contributed by atoms with Crippen LogP contribution in [-0.4, -0.2) is 36.1 Å². The first-order chi connectivity index (χ1) is 10.2. The lowest BCUT2D eigenvalue weighted by Gasteiger charge is -2.28. The molecular formula is C14H16FN5O. The third-order valence-electron chi connectivity index (χ3n) is 3.28. The van der Waals surface area contributed by atoms with Gasteiger partial charge in [0.15, 0.2) is 0 Å². The van der Waals surface area contributed by atoms with E-state index >= 15 is 0 Å². The standard InChI is InChI=1S/C14H16FN5O/c15-10-1-3-11(4-2-10)17-14-18-12(9-13(21)19-14)20-7-5-16-6-8-20/h1-4,9,16H,5-8H2,(H2,17,18,19,21). The van der Waals surface area contributed by atoms with Gasteiger partial charge in [0.2, 0.25) is 5.95 Å². The van der Waals surface area contributed by atoms with Gasteiger partial charge in [-0.1, -0.05) is 0 Å². The second-order valence-corrected chi connectivity index (χ2v) is 4.82. The minimum absolute atomic E-state index is 0.219. The molecule has 0 aliphatic carbocycles. The van der Waals surface area contributed by atoms with Crippen LogP contribution in [-0.2, 0) is 0 Å². The highest BCUT2D eigenvalue weighted by molar-refractivity contribution is 5.54. The van der Waals surface area contributed by atoms with Crippen LogP contribution in [0.4, 0.5) is 21.8 Å². The molecule has 21 heavy (non-hydrogen) atoms. The van der Waals surface area contributed by atoms with Gasteiger partial charge in [0.1, 0.15) is 11.6 Å². The second-order valence-electron chi connectivity index (χ2n) is 4.82. The van der Waals surface area contributed by atoms with E-state index in [2.05, 4.69) is 25.5 Å². The zero-order valence-electron chi connectivity index (χ0n) is 11.4. The van der Waals surface area contributed by atoms with Gasteiger partial charge in [0.25, 0.3) is 5.56 Å². The summed E-state index contributed by atoms with van der Waals surface area (Å²) in [6.07, 6.45) is 0. The molecule has 3 rings (SSSR count). The fourth-order valence-corrected chi connectivity index (χ4v) is 2.23. The van der Waals surface area contributed by atoms with Crippen LogP contribution in [0, 0.1) is 5.82 Å². The average molecular weight is 289 g/mol. The molecule has 2 heterocycles. The van der Waals surface area contributed by atoms with Crippen LogP contribution in [0.15, 0.2) is 35.1 Å². The molecule has 6 nitrogen and oxygen atoms in total. The largest absolute Gasteiger partial charge is 0.354 e. The summed E-state index contributed by atoms with van der Waals surface area (Å²) >= 11 is 0. The number of rotatable bonds is 3. The highest BCUT2D eigenvalue weighted by Gasteiger charge is 2.13. The molecule has 1 aliphatic heterocycles. The lowest BCUT2D eigenvalue weighted by Crippen LogP contribution is -2.44. The summed E-state index contributed by atoms with van der Waals surface area (Å²) in [6, 6.07) is 7.36. The fourth-order valence-electron chi connectivity index (χ4n) is 2.23. The average Bonchev–Trinajstić information content (AvgIpc) is 2.50. The summed E-state index contributed by atoms with van der Waals surface area (Å²) in [5.74, 6) is 0.684. The lowest BCUT2D eigenvalue weighted by molar-refractivity contribution is 0.584. The number of benzene rings is 1. The van der Waals surface area contributed by atoms with Gasteiger partial charge in [0.05, 0.1) is 0 Å². The van der Waals surface area contributed by atoms with Gasteiger partial charge >= 0.3 is 0 Å². The van der Waals surface area contributed by atoms with Crippen LogP contribution in [0.1, 0.15) is 0 Å². The summed E-state index contributed by atoms with van der Waals surface area (Å²) in [7, 11) is 0. The Morgan fingerprint density at radius 3 is 2.62 bits per heavy atom. The number of hydrogen-bond donors (Lipinski definition) is 3. The van der Waals surface area contributed by atoms with E-state index in [1.807, 2.05) is 0 Å². The Hall–Kier alpha value is -2.41. The lowest BCUT2D eigenvalue weighted by atomic mass is 10.3. The minimum atomic E-state index is -0.309. The second kappa shape index (κ2) is 5.92. The van der Waals surface area contributed by atoms with Crippen LogP contribution < -0.4 is 21.1 Å². The summed E-state index contributed by atoms with van der Waals surface area (Å²) in [4.78, 5) is 20.9. The molecule has 0 unspecified atom stereocenters. The third kappa shape index (κ3) is 3.38. The van der Waals surface area contributed by atoms with Crippen molar-refractivity contribution < 1.29 is 4.39 Å². The first kappa shape index (κ1) is 13.6. The molecule has 0 saturated carbocycles. The maximum absolute atomic E-state index is 12.9. The van der Waals surface area contributed by atoms with Gasteiger partial charge in [-0.3, -0.25) is 9.78 Å². The van der Waals surface area contributed by atoms with Crippen molar-refractivity contribution in [1.29, 1.82) is 0 Å². The molecule has 0 spiro atoms. The van der Waals surface area contributed by atoms with E-state index in [1.54, 1.807) is 12.1 Å². The van der Waals surface area contributed by atoms with Gasteiger partial charge in [-0.25, -0.2) is 4.39 Å². The van der Waals surface area contributed by atoms with E-state index in [0.29, 0.717) is 17.5 Å². The highest BCUT2D eigenvalue weighted by Crippen LogP contribution is 2.15. The van der Waals surface area contributed by atoms with Crippen molar-refractivity contribution in [2.45, 2.75) is 0 Å². The van der Waals surface area contributed by atoms with Crippen molar-refractivity contribution in [3.63, 3.8) is 0 Å². The maximum atomic E-state index is 12.9. The molecule has 110 valence electrons. The SMILES string of the molecule is O=c1cc(N2CCNCC2)nc(Nc2ccc(F)cc2)[nH]1. The molecule has 2 aromatic rings. The zero-order valence-corrected chi connectivity index (χ0v) is 11.4. The van der Waals surface area contributed by atoms with Gasteiger partial charge in [-0.15, -0.1) is 0 Å². The van der Waals surface area contributed by atoms with E-state index in [9.17, 15) is 9.18 Å². The molecule has 1 fully saturated rings. The van der Waals surface area contributed by atoms with Crippen molar-refractivity contribution in [1.82, 2.24) is 15.3 Å². The van der Waals surface area contributed by atoms with Crippen LogP contribution in [0.5, 0.6) is 0 Å². The Morgan fingerprint density at radius 2 is 1.90 bits per heavy atom. The van der Waals surface area contributed by atoms with Crippen molar-refractivity contribution in [3.8, 4) is 0 Å². The van der Waals surface area contributed by atoms with Crippen LogP contribution in [0.2, 0.25) is 0 Å². The molecule has 0 bridgehead atoms. The minimum Gasteiger partial charge on any atom is -0.354 e. The maximum Gasteiger partial charge on any atom is 0.254 e. The monoisotopic (exact) mass is 289 g/mol. The summed E-state index contributed by atoms with van der Waals surface area (Å²) in [6.45, 7) is 3.36. The van der Waals surface area contributed by atoms with Gasteiger partial charge in [0, 0.05) is 37.9 Å². The predicted molar refractivity (Wildman–Crippen MR) is 79.6 cm³/mol. The number of aromatic amines is 1. The Morgan fingerprint density at radius 1 is 1.19 bits per heavy atom. The topological polar surface area (TPSA) is 73.1 Å². The van der Waals surface area contributed by atoms with E-state index < -0.39 is 0 Å². The van der Waals surface area contributed by atoms with E-state index in [0.717, 1.165) is 26.2 Å². The zero-order chi connectivity index (χ0) is 14.7. The van der Waals surface area contributed by atoms with E-state index in [4.69, 9.17) is 0 Å². The van der Waals surface area contributed by atoms with Gasteiger partial charge in [-0.2, -0.15) is 4.98 Å². The van der Waals surface area contributed by atoms with Crippen LogP contribution >= 0.6 is 0 Å². The van der Waals surface area contributed by atoms with Crippen LogP contribution in [0.3, 0.4) is 0 Å². The molecule has 0 radical (unpaired) electrons. The number of nitrogens with one attached hydrogen (secondary N) is 3. The quantitative estimate of drug-likeness (QED) is 0.788. The predicted octanol–water partition coefficient (Wildman–Crippen LogP) is 1.06. The molecule has 1 aliphatic rings. The molecule has 0 atom stereocenters. The number of H-pyrrole nitrogens is 1. The van der Waals surface area contributed by atoms with Crippen molar-refractivity contribution in [3.05, 3.63) is 46.5 Å². The number of aromatic nitrogens is 2. The van der Waals surface area contributed by atoms with E-state index in [1.165, 1.54) is 18.2 Å². The Kier molecular flexibility index (Phi) is 3.83. The third-order valence-corrected chi connectivity index (χ3v) is 3.28.